The molecule has 0 aliphatic carbocycles. The fourth-order valence-corrected chi connectivity index (χ4v) is 3.13. The Balaban J connectivity index is 1.90. The zero-order valence-electron chi connectivity index (χ0n) is 12.0. The van der Waals surface area contributed by atoms with Crippen LogP contribution >= 0.6 is 23.1 Å². The Morgan fingerprint density at radius 2 is 2.33 bits per heavy atom. The third-order valence-electron chi connectivity index (χ3n) is 2.83. The summed E-state index contributed by atoms with van der Waals surface area (Å²) in [5.41, 5.74) is 5.77. The first-order chi connectivity index (χ1) is 9.91. The number of amides is 1. The first-order valence-corrected chi connectivity index (χ1v) is 8.49. The van der Waals surface area contributed by atoms with Crippen LogP contribution in [0.4, 0.5) is 0 Å². The number of aromatic nitrogens is 2. The summed E-state index contributed by atoms with van der Waals surface area (Å²) in [5, 5.41) is 4.68. The van der Waals surface area contributed by atoms with Crippen LogP contribution in [0.1, 0.15) is 19.5 Å². The minimum Gasteiger partial charge on any atom is -0.349 e. The van der Waals surface area contributed by atoms with Crippen molar-refractivity contribution in [3.05, 3.63) is 33.7 Å². The van der Waals surface area contributed by atoms with E-state index in [9.17, 15) is 9.59 Å². The van der Waals surface area contributed by atoms with Crippen molar-refractivity contribution < 1.29 is 4.79 Å². The molecule has 0 saturated heterocycles. The van der Waals surface area contributed by atoms with E-state index in [4.69, 9.17) is 5.73 Å². The van der Waals surface area contributed by atoms with Gasteiger partial charge in [0.25, 0.3) is 5.56 Å². The zero-order valence-corrected chi connectivity index (χ0v) is 13.6. The molecule has 2 heterocycles. The van der Waals surface area contributed by atoms with Gasteiger partial charge in [-0.25, -0.2) is 4.98 Å². The maximum Gasteiger partial charge on any atom is 0.258 e. The molecule has 0 spiro atoms. The van der Waals surface area contributed by atoms with Gasteiger partial charge in [0.1, 0.15) is 0 Å². The lowest BCUT2D eigenvalue weighted by Gasteiger charge is -2.23. The topological polar surface area (TPSA) is 89.5 Å². The summed E-state index contributed by atoms with van der Waals surface area (Å²) in [4.78, 5) is 28.7. The standard InChI is InChI=1S/C13H18N4O2S2/c1-13(2,8-14)16-10(18)7-20-6-9-5-11(19)17-3-4-21-12(17)15-9/h3-5H,6-8,14H2,1-2H3,(H,16,18). The Morgan fingerprint density at radius 3 is 3.05 bits per heavy atom. The van der Waals surface area contributed by atoms with Crippen LogP contribution in [0.5, 0.6) is 0 Å². The summed E-state index contributed by atoms with van der Waals surface area (Å²) >= 11 is 2.84. The van der Waals surface area contributed by atoms with E-state index in [1.54, 1.807) is 6.20 Å². The van der Waals surface area contributed by atoms with Crippen molar-refractivity contribution in [3.63, 3.8) is 0 Å². The third kappa shape index (κ3) is 4.29. The largest absolute Gasteiger partial charge is 0.349 e. The Hall–Kier alpha value is -1.38. The van der Waals surface area contributed by atoms with E-state index in [0.717, 1.165) is 0 Å². The summed E-state index contributed by atoms with van der Waals surface area (Å²) in [5.74, 6) is 0.777. The highest BCUT2D eigenvalue weighted by atomic mass is 32.2. The van der Waals surface area contributed by atoms with Gasteiger partial charge >= 0.3 is 0 Å². The summed E-state index contributed by atoms with van der Waals surface area (Å²) in [6, 6.07) is 1.51. The molecule has 0 aromatic carbocycles. The van der Waals surface area contributed by atoms with Crippen molar-refractivity contribution in [2.45, 2.75) is 25.1 Å². The predicted octanol–water partition coefficient (Wildman–Crippen LogP) is 0.843. The maximum atomic E-state index is 11.8. The molecule has 114 valence electrons. The number of fused-ring (bicyclic) bond motifs is 1. The molecule has 1 amide bonds. The number of thiazole rings is 1. The van der Waals surface area contributed by atoms with E-state index in [1.165, 1.54) is 33.6 Å². The van der Waals surface area contributed by atoms with Crippen LogP contribution in [0.25, 0.3) is 4.96 Å². The van der Waals surface area contributed by atoms with Crippen molar-refractivity contribution >= 4 is 34.0 Å². The van der Waals surface area contributed by atoms with Crippen molar-refractivity contribution in [3.8, 4) is 0 Å². The Bertz CT molecular complexity index is 693. The summed E-state index contributed by atoms with van der Waals surface area (Å²) in [7, 11) is 0. The molecule has 2 rings (SSSR count). The number of carbonyl (C=O) groups excluding carboxylic acids is 1. The molecule has 0 aliphatic rings. The van der Waals surface area contributed by atoms with E-state index in [2.05, 4.69) is 10.3 Å². The molecular formula is C13H18N4O2S2. The van der Waals surface area contributed by atoms with E-state index in [-0.39, 0.29) is 11.5 Å². The molecule has 0 fully saturated rings. The van der Waals surface area contributed by atoms with Crippen LogP contribution in [0.15, 0.2) is 22.4 Å². The lowest BCUT2D eigenvalue weighted by molar-refractivity contribution is -0.120. The van der Waals surface area contributed by atoms with Crippen LogP contribution < -0.4 is 16.6 Å². The number of thioether (sulfide) groups is 1. The smallest absolute Gasteiger partial charge is 0.258 e. The number of hydrogen-bond acceptors (Lipinski definition) is 6. The highest BCUT2D eigenvalue weighted by molar-refractivity contribution is 7.99. The summed E-state index contributed by atoms with van der Waals surface area (Å²) < 4.78 is 1.51. The minimum atomic E-state index is -0.398. The lowest BCUT2D eigenvalue weighted by Crippen LogP contribution is -2.49. The minimum absolute atomic E-state index is 0.0654. The summed E-state index contributed by atoms with van der Waals surface area (Å²) in [6.07, 6.45) is 1.70. The number of carbonyl (C=O) groups is 1. The van der Waals surface area contributed by atoms with E-state index >= 15 is 0 Å². The quantitative estimate of drug-likeness (QED) is 0.821. The Morgan fingerprint density at radius 1 is 1.57 bits per heavy atom. The highest BCUT2D eigenvalue weighted by Crippen LogP contribution is 2.12. The highest BCUT2D eigenvalue weighted by Gasteiger charge is 2.17. The van der Waals surface area contributed by atoms with Gasteiger partial charge in [0.2, 0.25) is 5.91 Å². The fourth-order valence-electron chi connectivity index (χ4n) is 1.67. The van der Waals surface area contributed by atoms with Gasteiger partial charge in [-0.3, -0.25) is 14.0 Å². The Labute approximate surface area is 130 Å². The molecule has 3 N–H and O–H groups in total. The maximum absolute atomic E-state index is 11.8. The van der Waals surface area contributed by atoms with Crippen LogP contribution in [-0.4, -0.2) is 33.1 Å². The average Bonchev–Trinajstić information content (AvgIpc) is 2.87. The van der Waals surface area contributed by atoms with Gasteiger partial charge in [-0.05, 0) is 13.8 Å². The second kappa shape index (κ2) is 6.59. The van der Waals surface area contributed by atoms with E-state index in [1.807, 2.05) is 19.2 Å². The van der Waals surface area contributed by atoms with E-state index < -0.39 is 5.54 Å². The van der Waals surface area contributed by atoms with Gasteiger partial charge in [-0.15, -0.1) is 23.1 Å². The molecule has 2 aromatic rings. The van der Waals surface area contributed by atoms with Crippen molar-refractivity contribution in [1.29, 1.82) is 0 Å². The predicted molar refractivity (Wildman–Crippen MR) is 86.8 cm³/mol. The lowest BCUT2D eigenvalue weighted by atomic mass is 10.1. The first-order valence-electron chi connectivity index (χ1n) is 6.46. The number of hydrogen-bond donors (Lipinski definition) is 2. The van der Waals surface area contributed by atoms with Gasteiger partial charge in [-0.2, -0.15) is 0 Å². The number of nitrogens with zero attached hydrogens (tertiary/aromatic N) is 2. The van der Waals surface area contributed by atoms with E-state index in [0.29, 0.717) is 28.7 Å². The third-order valence-corrected chi connectivity index (χ3v) is 4.55. The van der Waals surface area contributed by atoms with Gasteiger partial charge < -0.3 is 11.1 Å². The second-order valence-electron chi connectivity index (χ2n) is 5.27. The molecule has 0 atom stereocenters. The second-order valence-corrected chi connectivity index (χ2v) is 7.13. The fraction of sp³-hybridized carbons (Fsp3) is 0.462. The van der Waals surface area contributed by atoms with Gasteiger partial charge in [0.15, 0.2) is 4.96 Å². The molecule has 2 aromatic heterocycles. The zero-order chi connectivity index (χ0) is 15.5. The van der Waals surface area contributed by atoms with Crippen LogP contribution in [0.3, 0.4) is 0 Å². The van der Waals surface area contributed by atoms with Gasteiger partial charge in [0.05, 0.1) is 11.4 Å². The summed E-state index contributed by atoms with van der Waals surface area (Å²) in [6.45, 7) is 4.14. The molecule has 0 saturated carbocycles. The Kier molecular flexibility index (Phi) is 5.02. The molecular weight excluding hydrogens is 308 g/mol. The van der Waals surface area contributed by atoms with Crippen LogP contribution in [0.2, 0.25) is 0 Å². The molecule has 0 radical (unpaired) electrons. The number of rotatable bonds is 6. The molecule has 0 aliphatic heterocycles. The van der Waals surface area contributed by atoms with Gasteiger partial charge in [-0.1, -0.05) is 0 Å². The van der Waals surface area contributed by atoms with Crippen molar-refractivity contribution in [2.75, 3.05) is 12.3 Å². The first kappa shape index (κ1) is 16.0. The van der Waals surface area contributed by atoms with Crippen LogP contribution in [-0.2, 0) is 10.5 Å². The molecule has 21 heavy (non-hydrogen) atoms. The molecule has 6 nitrogen and oxygen atoms in total. The SMILES string of the molecule is CC(C)(CN)NC(=O)CSCc1cc(=O)n2ccsc2n1. The van der Waals surface area contributed by atoms with Gasteiger partial charge in [0, 0.05) is 35.5 Å². The normalized spacial score (nSPS) is 11.8. The van der Waals surface area contributed by atoms with Crippen molar-refractivity contribution in [1.82, 2.24) is 14.7 Å². The molecule has 0 bridgehead atoms. The van der Waals surface area contributed by atoms with Crippen LogP contribution in [0, 0.1) is 0 Å². The number of nitrogens with two attached hydrogens (primary N) is 1. The number of nitrogens with one attached hydrogen (secondary N) is 1. The molecule has 0 unspecified atom stereocenters. The molecule has 8 heteroatoms. The average molecular weight is 326 g/mol. The van der Waals surface area contributed by atoms with Crippen molar-refractivity contribution in [2.24, 2.45) is 5.73 Å². The monoisotopic (exact) mass is 326 g/mol.